The number of hydrogen-bond acceptors (Lipinski definition) is 2. The van der Waals surface area contributed by atoms with Crippen molar-refractivity contribution >= 4 is 5.91 Å². The van der Waals surface area contributed by atoms with Gasteiger partial charge in [-0.15, -0.1) is 0 Å². The molecule has 0 radical (unpaired) electrons. The molecule has 7 heteroatoms. The van der Waals surface area contributed by atoms with E-state index < -0.39 is 17.6 Å². The molecule has 29 heavy (non-hydrogen) atoms. The van der Waals surface area contributed by atoms with Gasteiger partial charge in [-0.05, 0) is 54.8 Å². The predicted molar refractivity (Wildman–Crippen MR) is 105 cm³/mol. The van der Waals surface area contributed by atoms with Gasteiger partial charge in [-0.25, -0.2) is 0 Å². The van der Waals surface area contributed by atoms with Crippen LogP contribution in [0.2, 0.25) is 0 Å². The highest BCUT2D eigenvalue weighted by Crippen LogP contribution is 2.32. The fraction of sp³-hybridized carbons (Fsp3) is 0.227. The molecule has 152 valence electrons. The lowest BCUT2D eigenvalue weighted by molar-refractivity contribution is -0.137. The molecule has 0 fully saturated rings. The van der Waals surface area contributed by atoms with Crippen LogP contribution in [0.5, 0.6) is 5.75 Å². The van der Waals surface area contributed by atoms with Crippen LogP contribution < -0.4 is 10.5 Å². The molecule has 2 N–H and O–H groups in total. The Morgan fingerprint density at radius 3 is 2.21 bits per heavy atom. The first-order chi connectivity index (χ1) is 13.7. The third-order valence-corrected chi connectivity index (χ3v) is 4.92. The number of benzene rings is 2. The smallest absolute Gasteiger partial charge is 0.416 e. The molecule has 0 aliphatic heterocycles. The van der Waals surface area contributed by atoms with Gasteiger partial charge in [0.25, 0.3) is 5.91 Å². The summed E-state index contributed by atoms with van der Waals surface area (Å²) in [6.07, 6.45) is -3.73. The SMILES string of the molecule is COc1ccc(CCn2c(-c3ccc(C(F)(F)F)cc3)cc(C(N)=O)c2C)cc1. The lowest BCUT2D eigenvalue weighted by Gasteiger charge is -2.13. The Kier molecular flexibility index (Phi) is 5.68. The average molecular weight is 402 g/mol. The highest BCUT2D eigenvalue weighted by molar-refractivity contribution is 5.95. The molecule has 3 aromatic rings. The maximum Gasteiger partial charge on any atom is 0.416 e. The van der Waals surface area contributed by atoms with Crippen molar-refractivity contribution in [3.8, 4) is 17.0 Å². The summed E-state index contributed by atoms with van der Waals surface area (Å²) in [5, 5.41) is 0. The summed E-state index contributed by atoms with van der Waals surface area (Å²) in [4.78, 5) is 11.8. The van der Waals surface area contributed by atoms with E-state index in [0.717, 1.165) is 23.4 Å². The third kappa shape index (κ3) is 4.45. The van der Waals surface area contributed by atoms with E-state index in [1.54, 1.807) is 20.1 Å². The summed E-state index contributed by atoms with van der Waals surface area (Å²) < 4.78 is 45.7. The quantitative estimate of drug-likeness (QED) is 0.642. The topological polar surface area (TPSA) is 57.2 Å². The molecule has 0 unspecified atom stereocenters. The van der Waals surface area contributed by atoms with E-state index in [1.165, 1.54) is 12.1 Å². The fourth-order valence-corrected chi connectivity index (χ4v) is 3.28. The monoisotopic (exact) mass is 402 g/mol. The number of hydrogen-bond donors (Lipinski definition) is 1. The fourth-order valence-electron chi connectivity index (χ4n) is 3.28. The number of nitrogens with two attached hydrogens (primary N) is 1. The Hall–Kier alpha value is -3.22. The lowest BCUT2D eigenvalue weighted by Crippen LogP contribution is -2.13. The molecule has 0 spiro atoms. The Morgan fingerprint density at radius 2 is 1.69 bits per heavy atom. The van der Waals surface area contributed by atoms with Crippen molar-refractivity contribution in [1.82, 2.24) is 4.57 Å². The second kappa shape index (κ2) is 8.03. The molecule has 0 aliphatic carbocycles. The van der Waals surface area contributed by atoms with Crippen LogP contribution in [0.4, 0.5) is 13.2 Å². The first-order valence-corrected chi connectivity index (χ1v) is 9.01. The maximum absolute atomic E-state index is 12.9. The first-order valence-electron chi connectivity index (χ1n) is 9.01. The number of alkyl halides is 3. The van der Waals surface area contributed by atoms with Gasteiger partial charge >= 0.3 is 6.18 Å². The van der Waals surface area contributed by atoms with Gasteiger partial charge in [-0.1, -0.05) is 24.3 Å². The Labute approximate surface area is 166 Å². The van der Waals surface area contributed by atoms with E-state index in [0.29, 0.717) is 35.5 Å². The van der Waals surface area contributed by atoms with Crippen molar-refractivity contribution in [1.29, 1.82) is 0 Å². The zero-order chi connectivity index (χ0) is 21.2. The summed E-state index contributed by atoms with van der Waals surface area (Å²) in [5.74, 6) is 0.186. The molecule has 2 aromatic carbocycles. The average Bonchev–Trinajstić information content (AvgIpc) is 3.03. The number of carbonyl (C=O) groups excluding carboxylic acids is 1. The maximum atomic E-state index is 12.9. The summed E-state index contributed by atoms with van der Waals surface area (Å²) in [5.41, 5.74) is 8.11. The van der Waals surface area contributed by atoms with E-state index >= 15 is 0 Å². The van der Waals surface area contributed by atoms with Crippen molar-refractivity contribution < 1.29 is 22.7 Å². The summed E-state index contributed by atoms with van der Waals surface area (Å²) in [6, 6.07) is 14.2. The van der Waals surface area contributed by atoms with Crippen molar-refractivity contribution in [3.05, 3.63) is 77.0 Å². The highest BCUT2D eigenvalue weighted by Gasteiger charge is 2.30. The molecular formula is C22H21F3N2O2. The van der Waals surface area contributed by atoms with Gasteiger partial charge in [0.1, 0.15) is 5.75 Å². The number of halogens is 3. The van der Waals surface area contributed by atoms with Crippen molar-refractivity contribution in [2.24, 2.45) is 5.73 Å². The zero-order valence-corrected chi connectivity index (χ0v) is 16.1. The van der Waals surface area contributed by atoms with Crippen LogP contribution in [0, 0.1) is 6.92 Å². The molecular weight excluding hydrogens is 381 g/mol. The number of carbonyl (C=O) groups is 1. The van der Waals surface area contributed by atoms with Gasteiger partial charge in [0, 0.05) is 17.9 Å². The normalized spacial score (nSPS) is 11.5. The van der Waals surface area contributed by atoms with E-state index in [2.05, 4.69) is 0 Å². The van der Waals surface area contributed by atoms with Gasteiger partial charge in [0.15, 0.2) is 0 Å². The number of primary amides is 1. The Bertz CT molecular complexity index is 1000. The Balaban J connectivity index is 1.94. The van der Waals surface area contributed by atoms with Gasteiger partial charge in [0.2, 0.25) is 0 Å². The number of aryl methyl sites for hydroxylation is 1. The van der Waals surface area contributed by atoms with Crippen LogP contribution in [0.15, 0.2) is 54.6 Å². The van der Waals surface area contributed by atoms with Crippen LogP contribution in [-0.4, -0.2) is 17.6 Å². The second-order valence-corrected chi connectivity index (χ2v) is 6.72. The number of nitrogens with zero attached hydrogens (tertiary/aromatic N) is 1. The summed E-state index contributed by atoms with van der Waals surface area (Å²) >= 11 is 0. The number of aromatic nitrogens is 1. The second-order valence-electron chi connectivity index (χ2n) is 6.72. The molecule has 0 atom stereocenters. The van der Waals surface area contributed by atoms with Crippen molar-refractivity contribution in [3.63, 3.8) is 0 Å². The standard InChI is InChI=1S/C22H21F3N2O2/c1-14-19(21(26)28)13-20(16-5-7-17(8-6-16)22(23,24)25)27(14)12-11-15-3-9-18(29-2)10-4-15/h3-10,13H,11-12H2,1-2H3,(H2,26,28). The van der Waals surface area contributed by atoms with E-state index in [4.69, 9.17) is 10.5 Å². The van der Waals surface area contributed by atoms with E-state index in [1.807, 2.05) is 28.8 Å². The molecule has 3 rings (SSSR count). The van der Waals surface area contributed by atoms with E-state index in [-0.39, 0.29) is 0 Å². The zero-order valence-electron chi connectivity index (χ0n) is 16.1. The van der Waals surface area contributed by atoms with Crippen LogP contribution >= 0.6 is 0 Å². The number of rotatable bonds is 6. The van der Waals surface area contributed by atoms with Gasteiger partial charge < -0.3 is 15.0 Å². The summed E-state index contributed by atoms with van der Waals surface area (Å²) in [7, 11) is 1.60. The number of ether oxygens (including phenoxy) is 1. The third-order valence-electron chi connectivity index (χ3n) is 4.92. The van der Waals surface area contributed by atoms with Crippen LogP contribution in [0.25, 0.3) is 11.3 Å². The minimum Gasteiger partial charge on any atom is -0.497 e. The molecule has 4 nitrogen and oxygen atoms in total. The van der Waals surface area contributed by atoms with Crippen molar-refractivity contribution in [2.75, 3.05) is 7.11 Å². The molecule has 1 aromatic heterocycles. The van der Waals surface area contributed by atoms with Crippen molar-refractivity contribution in [2.45, 2.75) is 26.1 Å². The first kappa shape index (κ1) is 20.5. The number of amides is 1. The van der Waals surface area contributed by atoms with E-state index in [9.17, 15) is 18.0 Å². The molecule has 0 saturated heterocycles. The van der Waals surface area contributed by atoms with Gasteiger partial charge in [-0.3, -0.25) is 4.79 Å². The lowest BCUT2D eigenvalue weighted by atomic mass is 10.1. The van der Waals surface area contributed by atoms with Crippen LogP contribution in [0.1, 0.15) is 27.2 Å². The molecule has 0 aliphatic rings. The Morgan fingerprint density at radius 1 is 1.07 bits per heavy atom. The summed E-state index contributed by atoms with van der Waals surface area (Å²) in [6.45, 7) is 2.32. The molecule has 0 saturated carbocycles. The predicted octanol–water partition coefficient (Wildman–Crippen LogP) is 4.83. The van der Waals surface area contributed by atoms with Gasteiger partial charge in [-0.2, -0.15) is 13.2 Å². The largest absolute Gasteiger partial charge is 0.497 e. The highest BCUT2D eigenvalue weighted by atomic mass is 19.4. The van der Waals surface area contributed by atoms with Crippen LogP contribution in [-0.2, 0) is 19.1 Å². The molecule has 0 bridgehead atoms. The minimum absolute atomic E-state index is 0.356. The minimum atomic E-state index is -4.40. The molecule has 1 amide bonds. The molecule has 1 heterocycles. The number of methoxy groups -OCH3 is 1. The van der Waals surface area contributed by atoms with Crippen LogP contribution in [0.3, 0.4) is 0 Å². The van der Waals surface area contributed by atoms with Gasteiger partial charge in [0.05, 0.1) is 18.2 Å².